The first-order valence-corrected chi connectivity index (χ1v) is 31.0. The molecule has 49 heteroatoms. The number of aliphatic hydroxyl groups excluding tert-OH is 13. The molecule has 6 saturated heterocycles. The molecule has 0 aromatic carbocycles. The summed E-state index contributed by atoms with van der Waals surface area (Å²) in [6.07, 6.45) is -69.3. The lowest BCUT2D eigenvalue weighted by Crippen LogP contribution is -2.67. The smallest absolute Gasteiger partial charge is 0.394 e. The topological polar surface area (TPSA) is 683 Å². The number of rotatable bonds is 24. The number of hydrogen-bond donors (Lipinski definition) is 18. The maximum absolute atomic E-state index is 12.2. The molecule has 6 heterocycles. The summed E-state index contributed by atoms with van der Waals surface area (Å²) >= 11 is 0. The van der Waals surface area contributed by atoms with Crippen LogP contribution in [-0.2, 0) is 125 Å². The molecular formula is C36H62O44S5. The van der Waals surface area contributed by atoms with E-state index < -0.39 is 263 Å². The van der Waals surface area contributed by atoms with Gasteiger partial charge in [0.25, 0.3) is 0 Å². The normalized spacial score (nSPS) is 45.6. The Balaban J connectivity index is 1.25. The summed E-state index contributed by atoms with van der Waals surface area (Å²) in [5.74, 6) is 0. The fraction of sp³-hybridized carbons (Fsp3) is 1.00. The number of hydrogen-bond acceptors (Lipinski definition) is 39. The molecule has 6 fully saturated rings. The van der Waals surface area contributed by atoms with Gasteiger partial charge >= 0.3 is 52.0 Å². The van der Waals surface area contributed by atoms with E-state index >= 15 is 0 Å². The van der Waals surface area contributed by atoms with E-state index in [4.69, 9.17) is 52.1 Å². The molecular weight excluding hydrogens is 1300 g/mol. The highest BCUT2D eigenvalue weighted by molar-refractivity contribution is 7.81. The molecule has 0 bridgehead atoms. The molecule has 6 aliphatic heterocycles. The van der Waals surface area contributed by atoms with Crippen molar-refractivity contribution in [3.63, 3.8) is 0 Å². The summed E-state index contributed by atoms with van der Waals surface area (Å²) in [4.78, 5) is 0. The van der Waals surface area contributed by atoms with Crippen LogP contribution >= 0.6 is 0 Å². The maximum atomic E-state index is 12.2. The van der Waals surface area contributed by atoms with Crippen LogP contribution in [0.25, 0.3) is 0 Å². The van der Waals surface area contributed by atoms with E-state index in [9.17, 15) is 131 Å². The largest absolute Gasteiger partial charge is 0.397 e. The van der Waals surface area contributed by atoms with Crippen LogP contribution < -0.4 is 0 Å². The van der Waals surface area contributed by atoms with Crippen molar-refractivity contribution in [3.05, 3.63) is 0 Å². The molecule has 1 unspecified atom stereocenters. The molecule has 0 saturated carbocycles. The summed E-state index contributed by atoms with van der Waals surface area (Å²) in [6, 6.07) is 0. The van der Waals surface area contributed by atoms with Gasteiger partial charge in [-0.15, -0.1) is 0 Å². The molecule has 0 radical (unpaired) electrons. The van der Waals surface area contributed by atoms with Crippen LogP contribution in [-0.4, -0.2) is 342 Å². The van der Waals surface area contributed by atoms with Gasteiger partial charge in [-0.3, -0.25) is 22.8 Å². The Bertz CT molecular complexity index is 2760. The second-order valence-electron chi connectivity index (χ2n) is 19.3. The summed E-state index contributed by atoms with van der Waals surface area (Å²) in [5.41, 5.74) is 0. The minimum atomic E-state index is -5.80. The van der Waals surface area contributed by atoms with Crippen molar-refractivity contribution in [2.24, 2.45) is 0 Å². The Morgan fingerprint density at radius 1 is 0.306 bits per heavy atom. The highest BCUT2D eigenvalue weighted by atomic mass is 32.3. The van der Waals surface area contributed by atoms with E-state index in [-0.39, 0.29) is 0 Å². The number of aliphatic hydroxyl groups is 13. The van der Waals surface area contributed by atoms with Gasteiger partial charge in [0.1, 0.15) is 134 Å². The van der Waals surface area contributed by atoms with Gasteiger partial charge in [-0.2, -0.15) is 42.1 Å². The molecule has 0 aromatic heterocycles. The Labute approximate surface area is 479 Å². The van der Waals surface area contributed by atoms with Crippen LogP contribution in [0, 0.1) is 0 Å². The zero-order chi connectivity index (χ0) is 64.0. The highest BCUT2D eigenvalue weighted by Gasteiger charge is 2.58. The van der Waals surface area contributed by atoms with Crippen LogP contribution in [0.15, 0.2) is 0 Å². The van der Waals surface area contributed by atoms with E-state index in [1.54, 1.807) is 0 Å². The minimum absolute atomic E-state index is 1.02. The molecule has 0 aliphatic carbocycles. The fourth-order valence-corrected chi connectivity index (χ4v) is 11.9. The summed E-state index contributed by atoms with van der Waals surface area (Å²) in [7, 11) is -28.0. The maximum Gasteiger partial charge on any atom is 0.397 e. The van der Waals surface area contributed by atoms with Crippen molar-refractivity contribution in [2.45, 2.75) is 198 Å². The predicted octanol–water partition coefficient (Wildman–Crippen LogP) is -12.9. The minimum Gasteiger partial charge on any atom is -0.394 e. The van der Waals surface area contributed by atoms with E-state index in [1.807, 2.05) is 0 Å². The van der Waals surface area contributed by atoms with Gasteiger partial charge in [0.05, 0.1) is 38.6 Å². The average molecular weight is 1360 g/mol. The van der Waals surface area contributed by atoms with E-state index in [1.165, 1.54) is 0 Å². The van der Waals surface area contributed by atoms with Crippen LogP contribution in [0.4, 0.5) is 0 Å². The molecule has 6 aliphatic rings. The van der Waals surface area contributed by atoms with Gasteiger partial charge in [-0.25, -0.2) is 20.9 Å². The summed E-state index contributed by atoms with van der Waals surface area (Å²) < 4.78 is 248. The second-order valence-corrected chi connectivity index (χ2v) is 24.5. The molecule has 85 heavy (non-hydrogen) atoms. The van der Waals surface area contributed by atoms with Crippen molar-refractivity contribution in [1.82, 2.24) is 0 Å². The van der Waals surface area contributed by atoms with Gasteiger partial charge in [-0.05, 0) is 13.8 Å². The SMILES string of the molecule is C[C@@H]1O[C@H](O[C@H]2[C@@H](OS(=O)(=O)O)[C@H](O)[C@H](O[C@H]3[C@@H](O)[C@@H](CO)O[C@@H](O[C@@H]4[C@H](OS(=O)(=O)O)[C@@H](O)C(O)O[C@@H]4CO[C@@H]4O[C@H](CO[C@H]5O[C@@H](CO)[C@@H](O)[C@@H](OS(=O)(=O)O)[C@@H]5O)[C@H](O)[C@H](OS(=O)(=O)O)[C@H]4O)[C@@H]3O)O[C@H]2C)[C@@H](O)[C@H](OS(=O)(=O)O)[C@@H]1O. The third kappa shape index (κ3) is 18.6. The van der Waals surface area contributed by atoms with Gasteiger partial charge in [0.2, 0.25) is 0 Å². The Kier molecular flexibility index (Phi) is 24.3. The molecule has 6 rings (SSSR count). The van der Waals surface area contributed by atoms with E-state index in [0.29, 0.717) is 0 Å². The van der Waals surface area contributed by atoms with Crippen molar-refractivity contribution < 1.29 is 204 Å². The molecule has 0 amide bonds. The van der Waals surface area contributed by atoms with Gasteiger partial charge < -0.3 is 118 Å². The quantitative estimate of drug-likeness (QED) is 0.0399. The van der Waals surface area contributed by atoms with Crippen LogP contribution in [0.5, 0.6) is 0 Å². The fourth-order valence-electron chi connectivity index (χ4n) is 9.41. The van der Waals surface area contributed by atoms with Gasteiger partial charge in [-0.1, -0.05) is 0 Å². The zero-order valence-corrected chi connectivity index (χ0v) is 46.9. The van der Waals surface area contributed by atoms with Crippen molar-refractivity contribution >= 4 is 52.0 Å². The van der Waals surface area contributed by atoms with Crippen molar-refractivity contribution in [2.75, 3.05) is 26.4 Å². The van der Waals surface area contributed by atoms with Gasteiger partial charge in [0, 0.05) is 0 Å². The molecule has 18 N–H and O–H groups in total. The molecule has 30 atom stereocenters. The molecule has 44 nitrogen and oxygen atoms in total. The van der Waals surface area contributed by atoms with Crippen LogP contribution in [0.3, 0.4) is 0 Å². The zero-order valence-electron chi connectivity index (χ0n) is 42.9. The standard InChI is InChI=1S/C36H62O44S5/c1-7-13(39)26(76-81(50,51)52)21(47)34(67-7)73-23-8(2)68-35(22(48)30(23)80-85(62,63)64)75-25-14(40)9(3-37)71-36(18(25)44)74-24-12(69-31(49)17(43)29(24)79-84(59,60)61)6-66-33-20(46)28(78-83(56,57)58)16(42)11(72-33)5-65-32-19(45)27(77-82(53,54)55)15(41)10(4-38)70-32/h7-49H,3-6H2,1-2H3,(H,50,51,52)(H,53,54,55)(H,56,57,58)(H,59,60,61)(H,62,63,64)/t7-,8-,9+,10-,11+,12+,13+,14-,15+,16-,17+,18+,19-,20+,21-,22-,23+,24-,25-,26+,27+,28-,29+,30-,31?,32-,33+,34+,35-,36-/m0/s1. The van der Waals surface area contributed by atoms with Crippen LogP contribution in [0.1, 0.15) is 13.8 Å². The third-order valence-corrected chi connectivity index (χ3v) is 15.7. The summed E-state index contributed by atoms with van der Waals surface area (Å²) in [5, 5.41) is 141. The molecule has 0 aromatic rings. The first kappa shape index (κ1) is 72.5. The Hall–Kier alpha value is -1.61. The van der Waals surface area contributed by atoms with E-state index in [2.05, 4.69) is 20.9 Å². The van der Waals surface area contributed by atoms with E-state index in [0.717, 1.165) is 13.8 Å². The number of ether oxygens (including phenoxy) is 11. The molecule has 0 spiro atoms. The lowest BCUT2D eigenvalue weighted by atomic mass is 9.95. The lowest BCUT2D eigenvalue weighted by Gasteiger charge is -2.49. The Morgan fingerprint density at radius 2 is 0.612 bits per heavy atom. The molecule has 500 valence electrons. The summed E-state index contributed by atoms with van der Waals surface area (Å²) in [6.45, 7) is -2.87. The lowest BCUT2D eigenvalue weighted by molar-refractivity contribution is -0.385. The average Bonchev–Trinajstić information content (AvgIpc) is 1.34. The second kappa shape index (κ2) is 28.5. The van der Waals surface area contributed by atoms with Crippen LogP contribution in [0.2, 0.25) is 0 Å². The monoisotopic (exact) mass is 1360 g/mol. The van der Waals surface area contributed by atoms with Gasteiger partial charge in [0.15, 0.2) is 37.7 Å². The van der Waals surface area contributed by atoms with Crippen molar-refractivity contribution in [3.8, 4) is 0 Å². The first-order chi connectivity index (χ1) is 39.0. The first-order valence-electron chi connectivity index (χ1n) is 24.1. The van der Waals surface area contributed by atoms with Crippen molar-refractivity contribution in [1.29, 1.82) is 0 Å². The highest BCUT2D eigenvalue weighted by Crippen LogP contribution is 2.38. The Morgan fingerprint density at radius 3 is 1.07 bits per heavy atom. The predicted molar refractivity (Wildman–Crippen MR) is 248 cm³/mol. The third-order valence-electron chi connectivity index (χ3n) is 13.3.